The molecule has 1 aliphatic heterocycles. The van der Waals surface area contributed by atoms with Gasteiger partial charge >= 0.3 is 5.97 Å². The lowest BCUT2D eigenvalue weighted by atomic mass is 10.2. The molecule has 0 bridgehead atoms. The molecule has 2 aromatic rings. The van der Waals surface area contributed by atoms with Crippen LogP contribution in [0.4, 0.5) is 5.69 Å². The zero-order chi connectivity index (χ0) is 23.8. The topological polar surface area (TPSA) is 89.9 Å². The molecule has 0 radical (unpaired) electrons. The van der Waals surface area contributed by atoms with Crippen molar-refractivity contribution < 1.29 is 33.6 Å². The maximum atomic E-state index is 11.4. The Balaban J connectivity index is 1.51. The van der Waals surface area contributed by atoms with E-state index < -0.39 is 6.10 Å². The first kappa shape index (κ1) is 24.5. The number of aliphatic hydroxyl groups is 1. The van der Waals surface area contributed by atoms with Crippen LogP contribution in [0.15, 0.2) is 36.4 Å². The van der Waals surface area contributed by atoms with Gasteiger partial charge in [0.1, 0.15) is 18.5 Å². The number of hydrogen-bond donors (Lipinski definition) is 1. The minimum absolute atomic E-state index is 0.133. The van der Waals surface area contributed by atoms with E-state index in [-0.39, 0.29) is 12.6 Å². The Morgan fingerprint density at radius 2 is 1.61 bits per heavy atom. The Kier molecular flexibility index (Phi) is 8.62. The fourth-order valence-corrected chi connectivity index (χ4v) is 3.81. The molecule has 0 spiro atoms. The van der Waals surface area contributed by atoms with Crippen molar-refractivity contribution in [1.29, 1.82) is 0 Å². The van der Waals surface area contributed by atoms with Gasteiger partial charge in [-0.2, -0.15) is 0 Å². The standard InChI is InChI=1S/C24H32N2O7/c1-17(27)33-21-8-6-5-7-20(21)26-11-9-25(10-12-26)15-18(28)16-32-19-13-22(29-2)24(31-4)23(14-19)30-3/h5-8,13-14,18,28H,9-12,15-16H2,1-4H3. The van der Waals surface area contributed by atoms with Gasteiger partial charge in [0.05, 0.1) is 27.0 Å². The van der Waals surface area contributed by atoms with Crippen molar-refractivity contribution in [3.8, 4) is 28.7 Å². The van der Waals surface area contributed by atoms with Crippen LogP contribution < -0.4 is 28.6 Å². The molecule has 33 heavy (non-hydrogen) atoms. The molecule has 1 atom stereocenters. The summed E-state index contributed by atoms with van der Waals surface area (Å²) in [5.41, 5.74) is 0.902. The molecule has 1 saturated heterocycles. The number of methoxy groups -OCH3 is 3. The van der Waals surface area contributed by atoms with Crippen molar-refractivity contribution in [3.05, 3.63) is 36.4 Å². The van der Waals surface area contributed by atoms with E-state index in [1.165, 1.54) is 6.92 Å². The number of carbonyl (C=O) groups is 1. The number of esters is 1. The molecule has 0 aromatic heterocycles. The summed E-state index contributed by atoms with van der Waals surface area (Å²) in [6.45, 7) is 5.09. The summed E-state index contributed by atoms with van der Waals surface area (Å²) in [5.74, 6) is 2.23. The summed E-state index contributed by atoms with van der Waals surface area (Å²) >= 11 is 0. The summed E-state index contributed by atoms with van der Waals surface area (Å²) in [5, 5.41) is 10.5. The second-order valence-electron chi connectivity index (χ2n) is 7.67. The Morgan fingerprint density at radius 1 is 0.970 bits per heavy atom. The van der Waals surface area contributed by atoms with Gasteiger partial charge in [-0.25, -0.2) is 0 Å². The lowest BCUT2D eigenvalue weighted by molar-refractivity contribution is -0.131. The van der Waals surface area contributed by atoms with Gasteiger partial charge in [0, 0.05) is 51.8 Å². The Bertz CT molecular complexity index is 904. The van der Waals surface area contributed by atoms with E-state index in [1.807, 2.05) is 18.2 Å². The highest BCUT2D eigenvalue weighted by Crippen LogP contribution is 2.40. The average Bonchev–Trinajstić information content (AvgIpc) is 2.82. The summed E-state index contributed by atoms with van der Waals surface area (Å²) in [6, 6.07) is 10.9. The fraction of sp³-hybridized carbons (Fsp3) is 0.458. The molecule has 1 unspecified atom stereocenters. The third kappa shape index (κ3) is 6.43. The van der Waals surface area contributed by atoms with Gasteiger partial charge in [0.15, 0.2) is 17.2 Å². The highest BCUT2D eigenvalue weighted by Gasteiger charge is 2.22. The predicted molar refractivity (Wildman–Crippen MR) is 124 cm³/mol. The first-order valence-electron chi connectivity index (χ1n) is 10.8. The fourth-order valence-electron chi connectivity index (χ4n) is 3.81. The molecule has 180 valence electrons. The minimum atomic E-state index is -0.663. The van der Waals surface area contributed by atoms with Crippen molar-refractivity contribution in [2.75, 3.05) is 65.6 Å². The van der Waals surface area contributed by atoms with E-state index >= 15 is 0 Å². The largest absolute Gasteiger partial charge is 0.493 e. The average molecular weight is 461 g/mol. The molecule has 0 aliphatic carbocycles. The maximum absolute atomic E-state index is 11.4. The summed E-state index contributed by atoms with van der Waals surface area (Å²) in [4.78, 5) is 15.8. The zero-order valence-corrected chi connectivity index (χ0v) is 19.6. The van der Waals surface area contributed by atoms with Crippen LogP contribution in [0.3, 0.4) is 0 Å². The van der Waals surface area contributed by atoms with Gasteiger partial charge in [-0.05, 0) is 12.1 Å². The smallest absolute Gasteiger partial charge is 0.308 e. The number of nitrogens with zero attached hydrogens (tertiary/aromatic N) is 2. The normalized spacial score (nSPS) is 15.0. The predicted octanol–water partition coefficient (Wildman–Crippen LogP) is 2.20. The minimum Gasteiger partial charge on any atom is -0.493 e. The van der Waals surface area contributed by atoms with Crippen LogP contribution in [0.5, 0.6) is 28.7 Å². The third-order valence-corrected chi connectivity index (χ3v) is 5.38. The lowest BCUT2D eigenvalue weighted by Crippen LogP contribution is -2.49. The number of ether oxygens (including phenoxy) is 5. The first-order chi connectivity index (χ1) is 15.9. The van der Waals surface area contributed by atoms with Gasteiger partial charge in [0.25, 0.3) is 0 Å². The van der Waals surface area contributed by atoms with E-state index in [2.05, 4.69) is 9.80 Å². The molecule has 0 amide bonds. The van der Waals surface area contributed by atoms with Gasteiger partial charge in [-0.15, -0.1) is 0 Å². The van der Waals surface area contributed by atoms with Gasteiger partial charge in [0.2, 0.25) is 5.75 Å². The Labute approximate surface area is 194 Å². The van der Waals surface area contributed by atoms with E-state index in [0.29, 0.717) is 35.3 Å². The summed E-state index contributed by atoms with van der Waals surface area (Å²) in [7, 11) is 4.62. The SMILES string of the molecule is COc1cc(OCC(O)CN2CCN(c3ccccc3OC(C)=O)CC2)cc(OC)c1OC. The molecule has 1 fully saturated rings. The van der Waals surface area contributed by atoms with Crippen LogP contribution in [0.25, 0.3) is 0 Å². The summed E-state index contributed by atoms with van der Waals surface area (Å²) in [6.07, 6.45) is -0.663. The molecule has 0 saturated carbocycles. The number of para-hydroxylation sites is 2. The first-order valence-corrected chi connectivity index (χ1v) is 10.8. The van der Waals surface area contributed by atoms with Crippen molar-refractivity contribution in [3.63, 3.8) is 0 Å². The zero-order valence-electron chi connectivity index (χ0n) is 19.6. The number of carbonyl (C=O) groups excluding carboxylic acids is 1. The van der Waals surface area contributed by atoms with Crippen LogP contribution in [-0.2, 0) is 4.79 Å². The van der Waals surface area contributed by atoms with Crippen molar-refractivity contribution in [1.82, 2.24) is 4.90 Å². The van der Waals surface area contributed by atoms with Gasteiger partial charge in [-0.1, -0.05) is 12.1 Å². The van der Waals surface area contributed by atoms with Crippen molar-refractivity contribution in [2.24, 2.45) is 0 Å². The van der Waals surface area contributed by atoms with Crippen LogP contribution in [0.2, 0.25) is 0 Å². The highest BCUT2D eigenvalue weighted by atomic mass is 16.5. The number of aliphatic hydroxyl groups excluding tert-OH is 1. The quantitative estimate of drug-likeness (QED) is 0.423. The second kappa shape index (κ2) is 11.6. The molecule has 2 aromatic carbocycles. The van der Waals surface area contributed by atoms with Gasteiger partial charge < -0.3 is 33.7 Å². The molecule has 3 rings (SSSR count). The molecular formula is C24H32N2O7. The van der Waals surface area contributed by atoms with E-state index in [0.717, 1.165) is 31.9 Å². The monoisotopic (exact) mass is 460 g/mol. The van der Waals surface area contributed by atoms with Crippen LogP contribution in [0.1, 0.15) is 6.92 Å². The number of hydrogen-bond acceptors (Lipinski definition) is 9. The number of benzene rings is 2. The maximum Gasteiger partial charge on any atom is 0.308 e. The number of piperazine rings is 1. The lowest BCUT2D eigenvalue weighted by Gasteiger charge is -2.37. The van der Waals surface area contributed by atoms with E-state index in [4.69, 9.17) is 23.7 Å². The van der Waals surface area contributed by atoms with E-state index in [1.54, 1.807) is 39.5 Å². The van der Waals surface area contributed by atoms with Crippen LogP contribution in [-0.4, -0.2) is 82.7 Å². The van der Waals surface area contributed by atoms with Gasteiger partial charge in [-0.3, -0.25) is 9.69 Å². The molecule has 9 nitrogen and oxygen atoms in total. The van der Waals surface area contributed by atoms with Crippen molar-refractivity contribution >= 4 is 11.7 Å². The number of rotatable bonds is 10. The Morgan fingerprint density at radius 3 is 2.18 bits per heavy atom. The number of anilines is 1. The van der Waals surface area contributed by atoms with Crippen LogP contribution >= 0.6 is 0 Å². The number of β-amino-alcohol motifs (C(OH)–C–C–N with tert-alkyl or cyclic N) is 1. The van der Waals surface area contributed by atoms with Crippen LogP contribution in [0, 0.1) is 0 Å². The molecule has 1 N–H and O–H groups in total. The second-order valence-corrected chi connectivity index (χ2v) is 7.67. The van der Waals surface area contributed by atoms with E-state index in [9.17, 15) is 9.90 Å². The molecule has 9 heteroatoms. The summed E-state index contributed by atoms with van der Waals surface area (Å²) < 4.78 is 27.1. The Hall–Kier alpha value is -3.17. The molecular weight excluding hydrogens is 428 g/mol. The highest BCUT2D eigenvalue weighted by molar-refractivity contribution is 5.73. The molecule has 1 aliphatic rings. The van der Waals surface area contributed by atoms with Crippen molar-refractivity contribution in [2.45, 2.75) is 13.0 Å². The molecule has 1 heterocycles. The third-order valence-electron chi connectivity index (χ3n) is 5.38.